The highest BCUT2D eigenvalue weighted by atomic mass is 16.5. The van der Waals surface area contributed by atoms with Crippen molar-refractivity contribution in [2.75, 3.05) is 18.9 Å². The van der Waals surface area contributed by atoms with E-state index in [9.17, 15) is 9.59 Å². The highest BCUT2D eigenvalue weighted by Gasteiger charge is 2.39. The third-order valence-electron chi connectivity index (χ3n) is 4.20. The number of aromatic nitrogens is 1. The molecule has 122 valence electrons. The number of hydrogen-bond acceptors (Lipinski definition) is 5. The van der Waals surface area contributed by atoms with E-state index in [2.05, 4.69) is 10.5 Å². The first-order valence-electron chi connectivity index (χ1n) is 7.56. The van der Waals surface area contributed by atoms with E-state index in [1.54, 1.807) is 20.0 Å². The Balaban J connectivity index is 1.91. The summed E-state index contributed by atoms with van der Waals surface area (Å²) in [5, 5.41) is 6.29. The van der Waals surface area contributed by atoms with Gasteiger partial charge in [0.1, 0.15) is 5.76 Å². The summed E-state index contributed by atoms with van der Waals surface area (Å²) in [7, 11) is 1.63. The Morgan fingerprint density at radius 1 is 1.55 bits per heavy atom. The highest BCUT2D eigenvalue weighted by Crippen LogP contribution is 2.32. The zero-order valence-electron chi connectivity index (χ0n) is 13.4. The van der Waals surface area contributed by atoms with Crippen molar-refractivity contribution < 1.29 is 14.1 Å². The molecule has 22 heavy (non-hydrogen) atoms. The van der Waals surface area contributed by atoms with Gasteiger partial charge in [-0.25, -0.2) is 0 Å². The van der Waals surface area contributed by atoms with Gasteiger partial charge in [-0.1, -0.05) is 18.0 Å². The Morgan fingerprint density at radius 2 is 2.27 bits per heavy atom. The second-order valence-corrected chi connectivity index (χ2v) is 6.37. The van der Waals surface area contributed by atoms with Crippen molar-refractivity contribution in [2.24, 2.45) is 11.7 Å². The van der Waals surface area contributed by atoms with Gasteiger partial charge in [0.15, 0.2) is 5.82 Å². The van der Waals surface area contributed by atoms with Crippen LogP contribution in [0, 0.1) is 12.8 Å². The van der Waals surface area contributed by atoms with Gasteiger partial charge in [0, 0.05) is 18.7 Å². The van der Waals surface area contributed by atoms with Crippen molar-refractivity contribution in [2.45, 2.75) is 45.1 Å². The summed E-state index contributed by atoms with van der Waals surface area (Å²) >= 11 is 0. The predicted octanol–water partition coefficient (Wildman–Crippen LogP) is 1.29. The van der Waals surface area contributed by atoms with Crippen molar-refractivity contribution in [3.05, 3.63) is 11.8 Å². The number of nitrogens with two attached hydrogens (primary N) is 1. The summed E-state index contributed by atoms with van der Waals surface area (Å²) in [4.78, 5) is 25.9. The van der Waals surface area contributed by atoms with E-state index in [0.29, 0.717) is 11.6 Å². The van der Waals surface area contributed by atoms with Crippen LogP contribution < -0.4 is 11.1 Å². The molecule has 7 heteroatoms. The number of nitrogens with zero attached hydrogens (tertiary/aromatic N) is 2. The topological polar surface area (TPSA) is 101 Å². The highest BCUT2D eigenvalue weighted by molar-refractivity contribution is 5.94. The van der Waals surface area contributed by atoms with Crippen LogP contribution >= 0.6 is 0 Å². The molecule has 0 aliphatic heterocycles. The lowest BCUT2D eigenvalue weighted by atomic mass is 9.74. The van der Waals surface area contributed by atoms with Crippen LogP contribution in [0.15, 0.2) is 10.6 Å². The monoisotopic (exact) mass is 308 g/mol. The van der Waals surface area contributed by atoms with Gasteiger partial charge in [0.25, 0.3) is 0 Å². The van der Waals surface area contributed by atoms with Gasteiger partial charge < -0.3 is 20.5 Å². The molecule has 0 spiro atoms. The van der Waals surface area contributed by atoms with Gasteiger partial charge in [-0.05, 0) is 26.7 Å². The van der Waals surface area contributed by atoms with Crippen LogP contribution in [0.5, 0.6) is 0 Å². The molecule has 1 aromatic heterocycles. The Bertz CT molecular complexity index is 553. The first kappa shape index (κ1) is 16.5. The summed E-state index contributed by atoms with van der Waals surface area (Å²) in [5.41, 5.74) is 5.75. The van der Waals surface area contributed by atoms with Gasteiger partial charge in [-0.15, -0.1) is 0 Å². The summed E-state index contributed by atoms with van der Waals surface area (Å²) in [6, 6.07) is 1.62. The van der Waals surface area contributed by atoms with Crippen LogP contribution in [-0.2, 0) is 9.59 Å². The van der Waals surface area contributed by atoms with E-state index in [1.807, 2.05) is 6.92 Å². The van der Waals surface area contributed by atoms with E-state index in [4.69, 9.17) is 10.3 Å². The SMILES string of the molecule is Cc1cc(NC(=O)CN(C)C(=O)C2CCCCC2(C)N)no1. The molecular weight excluding hydrogens is 284 g/mol. The maximum absolute atomic E-state index is 12.5. The molecule has 1 saturated carbocycles. The number of nitrogens with one attached hydrogen (secondary N) is 1. The van der Waals surface area contributed by atoms with E-state index >= 15 is 0 Å². The lowest BCUT2D eigenvalue weighted by molar-refractivity contribution is -0.139. The number of anilines is 1. The van der Waals surface area contributed by atoms with Crippen LogP contribution in [0.3, 0.4) is 0 Å². The number of carbonyl (C=O) groups excluding carboxylic acids is 2. The molecule has 0 bridgehead atoms. The van der Waals surface area contributed by atoms with Crippen LogP contribution in [0.2, 0.25) is 0 Å². The molecule has 1 aromatic rings. The molecule has 1 aliphatic rings. The van der Waals surface area contributed by atoms with Crippen molar-refractivity contribution in [3.63, 3.8) is 0 Å². The largest absolute Gasteiger partial charge is 0.360 e. The number of likely N-dealkylation sites (N-methyl/N-ethyl adjacent to an activating group) is 1. The van der Waals surface area contributed by atoms with Crippen molar-refractivity contribution >= 4 is 17.6 Å². The van der Waals surface area contributed by atoms with Crippen LogP contribution in [0.25, 0.3) is 0 Å². The van der Waals surface area contributed by atoms with E-state index in [1.165, 1.54) is 4.90 Å². The zero-order valence-corrected chi connectivity index (χ0v) is 13.4. The standard InChI is InChI=1S/C15H24N4O3/c1-10-8-12(18-22-10)17-13(20)9-19(3)14(21)11-6-4-5-7-15(11,2)16/h8,11H,4-7,9,16H2,1-3H3,(H,17,18,20). The van der Waals surface area contributed by atoms with Crippen LogP contribution in [0.4, 0.5) is 5.82 Å². The number of aryl methyl sites for hydroxylation is 1. The third-order valence-corrected chi connectivity index (χ3v) is 4.20. The lowest BCUT2D eigenvalue weighted by Gasteiger charge is -2.39. The number of carbonyl (C=O) groups is 2. The lowest BCUT2D eigenvalue weighted by Crippen LogP contribution is -2.53. The fourth-order valence-corrected chi connectivity index (χ4v) is 2.93. The number of rotatable bonds is 4. The minimum Gasteiger partial charge on any atom is -0.360 e. The molecule has 0 saturated heterocycles. The summed E-state index contributed by atoms with van der Waals surface area (Å²) in [6.07, 6.45) is 3.66. The van der Waals surface area contributed by atoms with E-state index in [-0.39, 0.29) is 24.3 Å². The molecule has 0 radical (unpaired) electrons. The first-order chi connectivity index (χ1) is 10.3. The molecule has 2 atom stereocenters. The fourth-order valence-electron chi connectivity index (χ4n) is 2.93. The zero-order chi connectivity index (χ0) is 16.3. The van der Waals surface area contributed by atoms with Crippen LogP contribution in [-0.4, -0.2) is 41.0 Å². The van der Waals surface area contributed by atoms with Crippen LogP contribution in [0.1, 0.15) is 38.4 Å². The molecule has 1 aliphatic carbocycles. The fraction of sp³-hybridized carbons (Fsp3) is 0.667. The van der Waals surface area contributed by atoms with Gasteiger partial charge >= 0.3 is 0 Å². The Hall–Kier alpha value is -1.89. The van der Waals surface area contributed by atoms with Crippen molar-refractivity contribution in [3.8, 4) is 0 Å². The molecule has 2 unspecified atom stereocenters. The second-order valence-electron chi connectivity index (χ2n) is 6.37. The van der Waals surface area contributed by atoms with Gasteiger partial charge in [0.05, 0.1) is 12.5 Å². The van der Waals surface area contributed by atoms with Gasteiger partial charge in [-0.2, -0.15) is 0 Å². The first-order valence-corrected chi connectivity index (χ1v) is 7.56. The minimum absolute atomic E-state index is 0.0304. The van der Waals surface area contributed by atoms with Crippen molar-refractivity contribution in [1.29, 1.82) is 0 Å². The molecule has 2 amide bonds. The Morgan fingerprint density at radius 3 is 2.86 bits per heavy atom. The molecule has 3 N–H and O–H groups in total. The molecule has 1 fully saturated rings. The molecule has 2 rings (SSSR count). The molecule has 1 heterocycles. The predicted molar refractivity (Wildman–Crippen MR) is 82.1 cm³/mol. The summed E-state index contributed by atoms with van der Waals surface area (Å²) in [6.45, 7) is 3.63. The normalized spacial score (nSPS) is 24.8. The maximum atomic E-state index is 12.5. The van der Waals surface area contributed by atoms with Crippen molar-refractivity contribution in [1.82, 2.24) is 10.1 Å². The number of amides is 2. The third kappa shape index (κ3) is 3.85. The Kier molecular flexibility index (Phi) is 4.85. The van der Waals surface area contributed by atoms with Gasteiger partial charge in [-0.3, -0.25) is 9.59 Å². The second kappa shape index (κ2) is 6.48. The summed E-state index contributed by atoms with van der Waals surface area (Å²) in [5.74, 6) is 0.355. The molecule has 0 aromatic carbocycles. The minimum atomic E-state index is -0.497. The smallest absolute Gasteiger partial charge is 0.245 e. The Labute approximate surface area is 130 Å². The number of hydrogen-bond donors (Lipinski definition) is 2. The van der Waals surface area contributed by atoms with E-state index < -0.39 is 5.54 Å². The van der Waals surface area contributed by atoms with Gasteiger partial charge in [0.2, 0.25) is 11.8 Å². The quantitative estimate of drug-likeness (QED) is 0.872. The average molecular weight is 308 g/mol. The maximum Gasteiger partial charge on any atom is 0.245 e. The molecule has 7 nitrogen and oxygen atoms in total. The summed E-state index contributed by atoms with van der Waals surface area (Å²) < 4.78 is 4.88. The van der Waals surface area contributed by atoms with E-state index in [0.717, 1.165) is 25.7 Å². The average Bonchev–Trinajstić information content (AvgIpc) is 2.82. The molecular formula is C15H24N4O3.